The number of nitrogens with one attached hydrogen (secondary N) is 2. The summed E-state index contributed by atoms with van der Waals surface area (Å²) in [6.45, 7) is 2.85. The van der Waals surface area contributed by atoms with Crippen LogP contribution in [0.3, 0.4) is 0 Å². The highest BCUT2D eigenvalue weighted by Crippen LogP contribution is 2.11. The fourth-order valence-electron chi connectivity index (χ4n) is 3.01. The van der Waals surface area contributed by atoms with Gasteiger partial charge in [0.2, 0.25) is 5.91 Å². The maximum atomic E-state index is 11.9. The zero-order valence-electron chi connectivity index (χ0n) is 17.4. The topological polar surface area (TPSA) is 79.2 Å². The van der Waals surface area contributed by atoms with Crippen LogP contribution in [-0.2, 0) is 9.59 Å². The molecule has 1 rings (SSSR count). The molecule has 0 heterocycles. The van der Waals surface area contributed by atoms with Crippen LogP contribution < -0.4 is 15.8 Å². The van der Waals surface area contributed by atoms with E-state index in [0.717, 1.165) is 12.8 Å². The van der Waals surface area contributed by atoms with Crippen molar-refractivity contribution in [1.82, 2.24) is 11.1 Å². The number of unbranched alkanes of at least 4 members (excludes halogenated alkanes) is 9. The van der Waals surface area contributed by atoms with E-state index in [1.807, 2.05) is 6.07 Å². The molecule has 1 aromatic carbocycles. The molecule has 157 valence electrons. The number of benzene rings is 1. The molecule has 5 heteroatoms. The minimum Gasteiger partial charge on any atom is -0.427 e. The first-order valence-corrected chi connectivity index (χ1v) is 10.9. The van der Waals surface area contributed by atoms with Gasteiger partial charge < -0.3 is 10.1 Å². The minimum atomic E-state index is -0.925. The molecule has 5 nitrogen and oxygen atoms in total. The van der Waals surface area contributed by atoms with E-state index in [4.69, 9.17) is 10.5 Å². The quantitative estimate of drug-likeness (QED) is 0.244. The third-order valence-electron chi connectivity index (χ3n) is 4.76. The second kappa shape index (κ2) is 16.1. The van der Waals surface area contributed by atoms with E-state index in [-0.39, 0.29) is 18.7 Å². The summed E-state index contributed by atoms with van der Waals surface area (Å²) < 4.78 is 5.16. The Balaban J connectivity index is 1.97. The van der Waals surface area contributed by atoms with Gasteiger partial charge in [-0.05, 0) is 25.0 Å². The number of para-hydroxylation sites is 1. The van der Waals surface area contributed by atoms with Gasteiger partial charge in [0.05, 0.1) is 0 Å². The van der Waals surface area contributed by atoms with Crippen LogP contribution in [0.4, 0.5) is 0 Å². The largest absolute Gasteiger partial charge is 0.427 e. The van der Waals surface area contributed by atoms with Gasteiger partial charge in [-0.25, -0.2) is 5.73 Å². The van der Waals surface area contributed by atoms with Gasteiger partial charge in [0, 0.05) is 13.0 Å². The van der Waals surface area contributed by atoms with Crippen molar-refractivity contribution < 1.29 is 14.3 Å². The molecule has 28 heavy (non-hydrogen) atoms. The molecule has 0 spiro atoms. The smallest absolute Gasteiger partial charge is 0.311 e. The maximum Gasteiger partial charge on any atom is 0.311 e. The van der Waals surface area contributed by atoms with Crippen LogP contribution in [0.25, 0.3) is 0 Å². The fraction of sp³-hybridized carbons (Fsp3) is 0.652. The normalized spacial score (nSPS) is 11.8. The molecular formula is C23H37N2O3. The average molecular weight is 390 g/mol. The molecule has 1 radical (unpaired) electrons. The standard InChI is InChI=1S/C23H37N2O3/c1-2-3-4-5-6-7-8-9-10-14-19-25-23(27)21(24)17-18-22(26)28-20-15-12-11-13-16-20/h11-13,15-16,21,24H,2-10,14,17-19H2,1H3,(H,25,27). The Morgan fingerprint density at radius 2 is 1.50 bits per heavy atom. The molecule has 0 aliphatic carbocycles. The number of esters is 1. The maximum absolute atomic E-state index is 11.9. The zero-order chi connectivity index (χ0) is 20.5. The van der Waals surface area contributed by atoms with Crippen LogP contribution in [0.1, 0.15) is 84.0 Å². The number of amides is 1. The highest BCUT2D eigenvalue weighted by atomic mass is 16.5. The molecule has 1 aromatic rings. The Bertz CT molecular complexity index is 534. The monoisotopic (exact) mass is 389 g/mol. The van der Waals surface area contributed by atoms with Crippen LogP contribution in [0, 0.1) is 0 Å². The summed E-state index contributed by atoms with van der Waals surface area (Å²) >= 11 is 0. The average Bonchev–Trinajstić information content (AvgIpc) is 2.70. The van der Waals surface area contributed by atoms with Gasteiger partial charge in [-0.3, -0.25) is 9.59 Å². The van der Waals surface area contributed by atoms with Gasteiger partial charge in [-0.1, -0.05) is 82.9 Å². The van der Waals surface area contributed by atoms with Gasteiger partial charge in [0.15, 0.2) is 0 Å². The third kappa shape index (κ3) is 12.5. The lowest BCUT2D eigenvalue weighted by Gasteiger charge is -2.11. The van der Waals surface area contributed by atoms with E-state index in [9.17, 15) is 9.59 Å². The van der Waals surface area contributed by atoms with Crippen molar-refractivity contribution in [2.24, 2.45) is 0 Å². The van der Waals surface area contributed by atoms with Crippen LogP contribution in [0.5, 0.6) is 5.75 Å². The summed E-state index contributed by atoms with van der Waals surface area (Å²) in [5.74, 6) is -0.228. The number of carbonyl (C=O) groups excluding carboxylic acids is 2. The molecule has 0 saturated carbocycles. The SMILES string of the molecule is CCCCCCCCCCCCNC(=O)C([NH])CCC(=O)Oc1ccccc1. The van der Waals surface area contributed by atoms with Crippen molar-refractivity contribution in [3.8, 4) is 5.75 Å². The highest BCUT2D eigenvalue weighted by molar-refractivity contribution is 5.82. The summed E-state index contributed by atoms with van der Waals surface area (Å²) in [5.41, 5.74) is 7.87. The second-order valence-corrected chi connectivity index (χ2v) is 7.35. The van der Waals surface area contributed by atoms with Gasteiger partial charge in [-0.15, -0.1) is 0 Å². The predicted molar refractivity (Wildman–Crippen MR) is 113 cm³/mol. The lowest BCUT2D eigenvalue weighted by molar-refractivity contribution is -0.134. The summed E-state index contributed by atoms with van der Waals surface area (Å²) in [6.07, 6.45) is 12.8. The lowest BCUT2D eigenvalue weighted by atomic mass is 10.1. The van der Waals surface area contributed by atoms with E-state index in [2.05, 4.69) is 12.2 Å². The van der Waals surface area contributed by atoms with Crippen molar-refractivity contribution in [2.45, 2.75) is 90.0 Å². The van der Waals surface area contributed by atoms with Gasteiger partial charge in [-0.2, -0.15) is 0 Å². The van der Waals surface area contributed by atoms with E-state index < -0.39 is 12.0 Å². The molecule has 0 aromatic heterocycles. The van der Waals surface area contributed by atoms with Gasteiger partial charge in [0.1, 0.15) is 11.8 Å². The van der Waals surface area contributed by atoms with E-state index in [1.54, 1.807) is 24.3 Å². The van der Waals surface area contributed by atoms with Crippen molar-refractivity contribution in [1.29, 1.82) is 0 Å². The van der Waals surface area contributed by atoms with Crippen LogP contribution >= 0.6 is 0 Å². The molecule has 2 N–H and O–H groups in total. The first-order chi connectivity index (χ1) is 13.6. The highest BCUT2D eigenvalue weighted by Gasteiger charge is 2.16. The third-order valence-corrected chi connectivity index (χ3v) is 4.76. The molecule has 1 unspecified atom stereocenters. The lowest BCUT2D eigenvalue weighted by Crippen LogP contribution is -2.36. The van der Waals surface area contributed by atoms with E-state index in [1.165, 1.54) is 51.4 Å². The summed E-state index contributed by atoms with van der Waals surface area (Å²) in [5, 5.41) is 2.80. The summed E-state index contributed by atoms with van der Waals surface area (Å²) in [4.78, 5) is 23.7. The molecule has 0 aliphatic rings. The number of carbonyl (C=O) groups is 2. The van der Waals surface area contributed by atoms with Crippen molar-refractivity contribution >= 4 is 11.9 Å². The number of hydrogen-bond acceptors (Lipinski definition) is 3. The Kier molecular flexibility index (Phi) is 13.9. The van der Waals surface area contributed by atoms with E-state index >= 15 is 0 Å². The molecule has 0 fully saturated rings. The molecule has 1 atom stereocenters. The molecular weight excluding hydrogens is 352 g/mol. The Hall–Kier alpha value is -1.88. The summed E-state index contributed by atoms with van der Waals surface area (Å²) in [6, 6.07) is 7.90. The molecule has 0 bridgehead atoms. The first-order valence-electron chi connectivity index (χ1n) is 10.9. The Morgan fingerprint density at radius 1 is 0.929 bits per heavy atom. The van der Waals surface area contributed by atoms with Crippen molar-refractivity contribution in [2.75, 3.05) is 6.54 Å². The Morgan fingerprint density at radius 3 is 2.11 bits per heavy atom. The number of rotatable bonds is 16. The Labute approximate surface area is 170 Å². The second-order valence-electron chi connectivity index (χ2n) is 7.35. The number of hydrogen-bond donors (Lipinski definition) is 1. The predicted octanol–water partition coefficient (Wildman–Crippen LogP) is 5.06. The fourth-order valence-corrected chi connectivity index (χ4v) is 3.01. The van der Waals surface area contributed by atoms with Crippen molar-refractivity contribution in [3.05, 3.63) is 30.3 Å². The minimum absolute atomic E-state index is 0.0642. The zero-order valence-corrected chi connectivity index (χ0v) is 17.4. The molecule has 0 aliphatic heterocycles. The first kappa shape index (κ1) is 24.2. The summed E-state index contributed by atoms with van der Waals surface area (Å²) in [7, 11) is 0. The van der Waals surface area contributed by atoms with Gasteiger partial charge in [0.25, 0.3) is 0 Å². The van der Waals surface area contributed by atoms with Crippen LogP contribution in [0.2, 0.25) is 0 Å². The van der Waals surface area contributed by atoms with Crippen LogP contribution in [-0.4, -0.2) is 24.5 Å². The van der Waals surface area contributed by atoms with Gasteiger partial charge >= 0.3 is 5.97 Å². The molecule has 0 saturated heterocycles. The van der Waals surface area contributed by atoms with Crippen molar-refractivity contribution in [3.63, 3.8) is 0 Å². The van der Waals surface area contributed by atoms with E-state index in [0.29, 0.717) is 12.3 Å². The van der Waals surface area contributed by atoms with Crippen LogP contribution in [0.15, 0.2) is 30.3 Å². The number of ether oxygens (including phenoxy) is 1. The molecule has 1 amide bonds.